The minimum Gasteiger partial charge on any atom is -0.451 e. The van der Waals surface area contributed by atoms with Crippen molar-refractivity contribution in [2.75, 3.05) is 32.8 Å². The summed E-state index contributed by atoms with van der Waals surface area (Å²) in [5, 5.41) is 10.3. The molecule has 5 heteroatoms. The van der Waals surface area contributed by atoms with Gasteiger partial charge in [0, 0.05) is 37.6 Å². The molecule has 22 heavy (non-hydrogen) atoms. The normalized spacial score (nSPS) is 17.8. The fourth-order valence-electron chi connectivity index (χ4n) is 3.04. The zero-order valence-corrected chi connectivity index (χ0v) is 12.9. The van der Waals surface area contributed by atoms with Gasteiger partial charge in [0.1, 0.15) is 5.58 Å². The Balaban J connectivity index is 1.67. The molecule has 1 amide bonds. The lowest BCUT2D eigenvalue weighted by Crippen LogP contribution is -2.52. The number of aliphatic hydroxyl groups is 1. The topological polar surface area (TPSA) is 56.9 Å². The molecule has 1 fully saturated rings. The highest BCUT2D eigenvalue weighted by Gasteiger charge is 2.27. The van der Waals surface area contributed by atoms with Gasteiger partial charge in [0.2, 0.25) is 0 Å². The third kappa shape index (κ3) is 2.87. The molecule has 0 radical (unpaired) electrons. The van der Waals surface area contributed by atoms with E-state index in [1.54, 1.807) is 0 Å². The highest BCUT2D eigenvalue weighted by molar-refractivity contribution is 5.96. The summed E-state index contributed by atoms with van der Waals surface area (Å²) in [4.78, 5) is 16.6. The Labute approximate surface area is 130 Å². The summed E-state index contributed by atoms with van der Waals surface area (Å²) in [6, 6.07) is 9.66. The maximum atomic E-state index is 12.5. The van der Waals surface area contributed by atoms with Crippen molar-refractivity contribution in [1.29, 1.82) is 0 Å². The van der Waals surface area contributed by atoms with Crippen LogP contribution in [0.4, 0.5) is 0 Å². The number of piperazine rings is 1. The van der Waals surface area contributed by atoms with E-state index >= 15 is 0 Å². The van der Waals surface area contributed by atoms with E-state index in [9.17, 15) is 9.90 Å². The molecule has 1 N–H and O–H groups in total. The summed E-state index contributed by atoms with van der Waals surface area (Å²) < 4.78 is 5.65. The number of fused-ring (bicyclic) bond motifs is 1. The van der Waals surface area contributed by atoms with Gasteiger partial charge in [0.05, 0.1) is 6.61 Å². The Morgan fingerprint density at radius 1 is 1.27 bits per heavy atom. The summed E-state index contributed by atoms with van der Waals surface area (Å²) in [6.45, 7) is 5.19. The zero-order chi connectivity index (χ0) is 15.5. The van der Waals surface area contributed by atoms with Gasteiger partial charge in [0.15, 0.2) is 5.76 Å². The largest absolute Gasteiger partial charge is 0.451 e. The van der Waals surface area contributed by atoms with Crippen LogP contribution in [0.25, 0.3) is 11.0 Å². The first-order valence-electron chi connectivity index (χ1n) is 7.85. The smallest absolute Gasteiger partial charge is 0.289 e. The number of hydrogen-bond acceptors (Lipinski definition) is 4. The lowest BCUT2D eigenvalue weighted by atomic mass is 10.1. The van der Waals surface area contributed by atoms with Crippen molar-refractivity contribution < 1.29 is 14.3 Å². The van der Waals surface area contributed by atoms with Crippen LogP contribution < -0.4 is 0 Å². The number of rotatable bonds is 4. The van der Waals surface area contributed by atoms with Crippen LogP contribution in [0.1, 0.15) is 23.9 Å². The summed E-state index contributed by atoms with van der Waals surface area (Å²) in [6.07, 6.45) is 0.925. The fourth-order valence-corrected chi connectivity index (χ4v) is 3.04. The first kappa shape index (κ1) is 15.1. The monoisotopic (exact) mass is 302 g/mol. The zero-order valence-electron chi connectivity index (χ0n) is 12.9. The second kappa shape index (κ2) is 6.50. The number of aliphatic hydroxyl groups excluding tert-OH is 1. The molecule has 118 valence electrons. The van der Waals surface area contributed by atoms with Crippen molar-refractivity contribution in [3.8, 4) is 0 Å². The van der Waals surface area contributed by atoms with E-state index in [0.717, 1.165) is 30.5 Å². The standard InChI is InChI=1S/C17H22N2O3/c1-2-14(12-20)18-7-9-19(10-8-18)17(21)16-11-13-5-3-4-6-15(13)22-16/h3-6,11,14,20H,2,7-10,12H2,1H3. The summed E-state index contributed by atoms with van der Waals surface area (Å²) >= 11 is 0. The molecule has 0 aliphatic carbocycles. The van der Waals surface area contributed by atoms with Gasteiger partial charge in [-0.3, -0.25) is 9.69 Å². The Kier molecular flexibility index (Phi) is 4.45. The fraction of sp³-hybridized carbons (Fsp3) is 0.471. The third-order valence-electron chi connectivity index (χ3n) is 4.44. The molecule has 0 bridgehead atoms. The summed E-state index contributed by atoms with van der Waals surface area (Å²) in [7, 11) is 0. The van der Waals surface area contributed by atoms with Gasteiger partial charge < -0.3 is 14.4 Å². The van der Waals surface area contributed by atoms with Crippen LogP contribution in [-0.2, 0) is 0 Å². The molecule has 1 aromatic carbocycles. The average Bonchev–Trinajstić information content (AvgIpc) is 3.00. The number of carbonyl (C=O) groups excluding carboxylic acids is 1. The molecule has 1 aromatic heterocycles. The Bertz CT molecular complexity index is 607. The molecule has 1 saturated heterocycles. The average molecular weight is 302 g/mol. The molecule has 2 aromatic rings. The summed E-state index contributed by atoms with van der Waals surface area (Å²) in [5.74, 6) is 0.358. The van der Waals surface area contributed by atoms with Gasteiger partial charge in [-0.15, -0.1) is 0 Å². The van der Waals surface area contributed by atoms with E-state index in [4.69, 9.17) is 4.42 Å². The molecular weight excluding hydrogens is 280 g/mol. The third-order valence-corrected chi connectivity index (χ3v) is 4.44. The van der Waals surface area contributed by atoms with Crippen molar-refractivity contribution >= 4 is 16.9 Å². The lowest BCUT2D eigenvalue weighted by Gasteiger charge is -2.38. The number of nitrogens with zero attached hydrogens (tertiary/aromatic N) is 2. The van der Waals surface area contributed by atoms with Gasteiger partial charge in [-0.2, -0.15) is 0 Å². The number of benzene rings is 1. The molecule has 5 nitrogen and oxygen atoms in total. The molecule has 1 atom stereocenters. The van der Waals surface area contributed by atoms with E-state index in [0.29, 0.717) is 18.8 Å². The lowest BCUT2D eigenvalue weighted by molar-refractivity contribution is 0.0451. The van der Waals surface area contributed by atoms with Crippen LogP contribution in [0.2, 0.25) is 0 Å². The van der Waals surface area contributed by atoms with E-state index < -0.39 is 0 Å². The minimum absolute atomic E-state index is 0.0482. The molecule has 1 aliphatic rings. The van der Waals surface area contributed by atoms with Crippen LogP contribution in [0.5, 0.6) is 0 Å². The van der Waals surface area contributed by atoms with Crippen molar-refractivity contribution in [1.82, 2.24) is 9.80 Å². The Morgan fingerprint density at radius 3 is 2.64 bits per heavy atom. The predicted molar refractivity (Wildman–Crippen MR) is 84.9 cm³/mol. The number of amides is 1. The van der Waals surface area contributed by atoms with Crippen molar-refractivity contribution in [2.24, 2.45) is 0 Å². The van der Waals surface area contributed by atoms with Crippen LogP contribution in [0.3, 0.4) is 0 Å². The highest BCUT2D eigenvalue weighted by atomic mass is 16.3. The van der Waals surface area contributed by atoms with E-state index in [1.807, 2.05) is 35.2 Å². The van der Waals surface area contributed by atoms with E-state index in [-0.39, 0.29) is 18.6 Å². The minimum atomic E-state index is -0.0482. The molecule has 0 saturated carbocycles. The van der Waals surface area contributed by atoms with Gasteiger partial charge in [0.25, 0.3) is 5.91 Å². The Morgan fingerprint density at radius 2 is 2.00 bits per heavy atom. The van der Waals surface area contributed by atoms with E-state index in [2.05, 4.69) is 11.8 Å². The first-order chi connectivity index (χ1) is 10.7. The Hall–Kier alpha value is -1.85. The van der Waals surface area contributed by atoms with Gasteiger partial charge in [-0.05, 0) is 18.6 Å². The van der Waals surface area contributed by atoms with Crippen molar-refractivity contribution in [3.05, 3.63) is 36.1 Å². The molecular formula is C17H22N2O3. The van der Waals surface area contributed by atoms with Crippen molar-refractivity contribution in [3.63, 3.8) is 0 Å². The number of furan rings is 1. The maximum Gasteiger partial charge on any atom is 0.289 e. The van der Waals surface area contributed by atoms with Crippen LogP contribution >= 0.6 is 0 Å². The van der Waals surface area contributed by atoms with Crippen LogP contribution in [-0.4, -0.2) is 59.6 Å². The predicted octanol–water partition coefficient (Wildman–Crippen LogP) is 1.96. The van der Waals surface area contributed by atoms with Gasteiger partial charge in [-0.25, -0.2) is 0 Å². The number of hydrogen-bond donors (Lipinski definition) is 1. The van der Waals surface area contributed by atoms with Crippen LogP contribution in [0.15, 0.2) is 34.7 Å². The second-order valence-electron chi connectivity index (χ2n) is 5.72. The molecule has 1 aliphatic heterocycles. The van der Waals surface area contributed by atoms with Crippen molar-refractivity contribution in [2.45, 2.75) is 19.4 Å². The number of para-hydroxylation sites is 1. The van der Waals surface area contributed by atoms with E-state index in [1.165, 1.54) is 0 Å². The molecule has 1 unspecified atom stereocenters. The first-order valence-corrected chi connectivity index (χ1v) is 7.85. The SMILES string of the molecule is CCC(CO)N1CCN(C(=O)c2cc3ccccc3o2)CC1. The molecule has 3 rings (SSSR count). The highest BCUT2D eigenvalue weighted by Crippen LogP contribution is 2.21. The number of carbonyl (C=O) groups is 1. The molecule has 2 heterocycles. The summed E-state index contributed by atoms with van der Waals surface area (Å²) in [5.41, 5.74) is 0.746. The molecule has 0 spiro atoms. The van der Waals surface area contributed by atoms with Crippen LogP contribution in [0, 0.1) is 0 Å². The quantitative estimate of drug-likeness (QED) is 0.938. The maximum absolute atomic E-state index is 12.5. The van der Waals surface area contributed by atoms with Gasteiger partial charge in [-0.1, -0.05) is 25.1 Å². The van der Waals surface area contributed by atoms with Gasteiger partial charge >= 0.3 is 0 Å². The second-order valence-corrected chi connectivity index (χ2v) is 5.72.